The highest BCUT2D eigenvalue weighted by Crippen LogP contribution is 2.29. The third kappa shape index (κ3) is 2.20. The number of rotatable bonds is 1. The van der Waals surface area contributed by atoms with E-state index < -0.39 is 16.7 Å². The summed E-state index contributed by atoms with van der Waals surface area (Å²) in [5, 5.41) is 9.59. The standard InChI is InChI=1S/C14H8Cl2FN3O2/c1-6-3-2-4-9(21)10(6)20-13-7(11(15)19-14(20)22)5-8(17)12(16)18-13/h2-5,21H,1H3. The van der Waals surface area contributed by atoms with Crippen LogP contribution in [0.3, 0.4) is 0 Å². The van der Waals surface area contributed by atoms with Crippen molar-refractivity contribution in [2.24, 2.45) is 0 Å². The number of fused-ring (bicyclic) bond motifs is 1. The Morgan fingerprint density at radius 3 is 2.64 bits per heavy atom. The Morgan fingerprint density at radius 2 is 1.95 bits per heavy atom. The zero-order valence-corrected chi connectivity index (χ0v) is 12.7. The number of phenols is 1. The van der Waals surface area contributed by atoms with Crippen LogP contribution < -0.4 is 5.69 Å². The van der Waals surface area contributed by atoms with E-state index in [-0.39, 0.29) is 27.6 Å². The first-order valence-electron chi connectivity index (χ1n) is 6.13. The Labute approximate surface area is 133 Å². The highest BCUT2D eigenvalue weighted by Gasteiger charge is 2.18. The lowest BCUT2D eigenvalue weighted by atomic mass is 10.1. The van der Waals surface area contributed by atoms with E-state index >= 15 is 0 Å². The molecule has 2 heterocycles. The zero-order chi connectivity index (χ0) is 16.0. The molecule has 2 aromatic heterocycles. The predicted octanol–water partition coefficient (Wildman–Crippen LogP) is 3.24. The van der Waals surface area contributed by atoms with Crippen molar-refractivity contribution in [3.05, 3.63) is 56.4 Å². The third-order valence-corrected chi connectivity index (χ3v) is 3.73. The summed E-state index contributed by atoms with van der Waals surface area (Å²) in [6, 6.07) is 5.80. The molecule has 5 nitrogen and oxygen atoms in total. The maximum Gasteiger partial charge on any atom is 0.355 e. The number of hydrogen-bond donors (Lipinski definition) is 1. The smallest absolute Gasteiger partial charge is 0.355 e. The summed E-state index contributed by atoms with van der Waals surface area (Å²) >= 11 is 11.6. The topological polar surface area (TPSA) is 68.0 Å². The molecule has 0 saturated heterocycles. The molecule has 3 rings (SSSR count). The van der Waals surface area contributed by atoms with Crippen LogP contribution in [0.4, 0.5) is 4.39 Å². The Balaban J connectivity index is 2.55. The van der Waals surface area contributed by atoms with Crippen LogP contribution in [0.1, 0.15) is 5.56 Å². The number of hydrogen-bond acceptors (Lipinski definition) is 4. The number of aryl methyl sites for hydroxylation is 1. The molecule has 0 aliphatic heterocycles. The summed E-state index contributed by atoms with van der Waals surface area (Å²) < 4.78 is 14.7. The Morgan fingerprint density at radius 1 is 1.23 bits per heavy atom. The lowest BCUT2D eigenvalue weighted by Crippen LogP contribution is -2.23. The van der Waals surface area contributed by atoms with Gasteiger partial charge in [-0.25, -0.2) is 18.7 Å². The van der Waals surface area contributed by atoms with Gasteiger partial charge in [0.2, 0.25) is 0 Å². The normalized spacial score (nSPS) is 11.1. The average Bonchev–Trinajstić information content (AvgIpc) is 2.44. The zero-order valence-electron chi connectivity index (χ0n) is 11.1. The monoisotopic (exact) mass is 339 g/mol. The molecule has 1 N–H and O–H groups in total. The summed E-state index contributed by atoms with van der Waals surface area (Å²) in [5.74, 6) is -0.924. The molecule has 0 aliphatic carbocycles. The SMILES string of the molecule is Cc1cccc(O)c1-n1c(=O)nc(Cl)c2cc(F)c(Cl)nc21. The van der Waals surface area contributed by atoms with Crippen LogP contribution in [0.5, 0.6) is 5.75 Å². The summed E-state index contributed by atoms with van der Waals surface area (Å²) in [4.78, 5) is 19.8. The van der Waals surface area contributed by atoms with Crippen molar-refractivity contribution < 1.29 is 9.50 Å². The fraction of sp³-hybridized carbons (Fsp3) is 0.0714. The first kappa shape index (κ1) is 14.7. The number of para-hydroxylation sites is 1. The highest BCUT2D eigenvalue weighted by atomic mass is 35.5. The van der Waals surface area contributed by atoms with Gasteiger partial charge in [-0.2, -0.15) is 4.98 Å². The van der Waals surface area contributed by atoms with Crippen LogP contribution in [0.25, 0.3) is 16.7 Å². The van der Waals surface area contributed by atoms with Gasteiger partial charge in [-0.3, -0.25) is 0 Å². The van der Waals surface area contributed by atoms with Crippen LogP contribution >= 0.6 is 23.2 Å². The number of pyridine rings is 1. The van der Waals surface area contributed by atoms with Crippen LogP contribution in [0, 0.1) is 12.7 Å². The molecule has 0 unspecified atom stereocenters. The van der Waals surface area contributed by atoms with Crippen molar-refractivity contribution in [2.45, 2.75) is 6.92 Å². The lowest BCUT2D eigenvalue weighted by molar-refractivity contribution is 0.471. The van der Waals surface area contributed by atoms with E-state index in [4.69, 9.17) is 23.2 Å². The van der Waals surface area contributed by atoms with E-state index in [1.807, 2.05) is 0 Å². The van der Waals surface area contributed by atoms with Crippen LogP contribution in [-0.2, 0) is 0 Å². The number of nitrogens with zero attached hydrogens (tertiary/aromatic N) is 3. The van der Waals surface area contributed by atoms with Gasteiger partial charge in [-0.15, -0.1) is 0 Å². The second kappa shape index (κ2) is 5.23. The summed E-state index contributed by atoms with van der Waals surface area (Å²) in [6.45, 7) is 1.70. The van der Waals surface area contributed by atoms with Crippen molar-refractivity contribution >= 4 is 34.2 Å². The van der Waals surface area contributed by atoms with Gasteiger partial charge < -0.3 is 5.11 Å². The predicted molar refractivity (Wildman–Crippen MR) is 81.5 cm³/mol. The van der Waals surface area contributed by atoms with Gasteiger partial charge in [-0.05, 0) is 24.6 Å². The molecule has 0 atom stereocenters. The molecule has 8 heteroatoms. The van der Waals surface area contributed by atoms with Gasteiger partial charge in [0.15, 0.2) is 16.6 Å². The summed E-state index contributed by atoms with van der Waals surface area (Å²) in [7, 11) is 0. The first-order valence-corrected chi connectivity index (χ1v) is 6.89. The minimum Gasteiger partial charge on any atom is -0.506 e. The fourth-order valence-corrected chi connectivity index (χ4v) is 2.55. The van der Waals surface area contributed by atoms with E-state index in [0.717, 1.165) is 10.6 Å². The molecule has 0 fully saturated rings. The van der Waals surface area contributed by atoms with E-state index in [0.29, 0.717) is 5.56 Å². The molecule has 0 saturated carbocycles. The molecule has 22 heavy (non-hydrogen) atoms. The van der Waals surface area contributed by atoms with Crippen LogP contribution in [-0.4, -0.2) is 19.6 Å². The molecule has 0 spiro atoms. The van der Waals surface area contributed by atoms with Crippen molar-refractivity contribution in [1.29, 1.82) is 0 Å². The van der Waals surface area contributed by atoms with Gasteiger partial charge >= 0.3 is 5.69 Å². The Hall–Kier alpha value is -2.18. The van der Waals surface area contributed by atoms with Crippen molar-refractivity contribution in [3.63, 3.8) is 0 Å². The van der Waals surface area contributed by atoms with Gasteiger partial charge in [-0.1, -0.05) is 35.3 Å². The number of aromatic nitrogens is 3. The van der Waals surface area contributed by atoms with E-state index in [1.165, 1.54) is 6.07 Å². The number of halogens is 3. The summed E-state index contributed by atoms with van der Waals surface area (Å²) in [5.41, 5.74) is 0.0601. The third-order valence-electron chi connectivity index (χ3n) is 3.17. The largest absolute Gasteiger partial charge is 0.506 e. The molecule has 3 aromatic rings. The minimum absolute atomic E-state index is 0.0148. The lowest BCUT2D eigenvalue weighted by Gasteiger charge is -2.13. The van der Waals surface area contributed by atoms with E-state index in [1.54, 1.807) is 19.1 Å². The summed E-state index contributed by atoms with van der Waals surface area (Å²) in [6.07, 6.45) is 0. The molecule has 112 valence electrons. The molecule has 0 aliphatic rings. The minimum atomic E-state index is -0.780. The molecule has 0 amide bonds. The van der Waals surface area contributed by atoms with Crippen LogP contribution in [0.2, 0.25) is 10.3 Å². The van der Waals surface area contributed by atoms with Gasteiger partial charge in [0.25, 0.3) is 0 Å². The van der Waals surface area contributed by atoms with E-state index in [2.05, 4.69) is 9.97 Å². The van der Waals surface area contributed by atoms with E-state index in [9.17, 15) is 14.3 Å². The molecular formula is C14H8Cl2FN3O2. The van der Waals surface area contributed by atoms with Crippen molar-refractivity contribution in [2.75, 3.05) is 0 Å². The van der Waals surface area contributed by atoms with Gasteiger partial charge in [0.1, 0.15) is 10.9 Å². The fourth-order valence-electron chi connectivity index (χ4n) is 2.20. The number of aromatic hydroxyl groups is 1. The maximum absolute atomic E-state index is 13.6. The molecule has 0 bridgehead atoms. The van der Waals surface area contributed by atoms with Crippen LogP contribution in [0.15, 0.2) is 29.1 Å². The number of benzene rings is 1. The van der Waals surface area contributed by atoms with Gasteiger partial charge in [0, 0.05) is 0 Å². The van der Waals surface area contributed by atoms with Crippen molar-refractivity contribution in [3.8, 4) is 11.4 Å². The second-order valence-electron chi connectivity index (χ2n) is 4.60. The molecule has 1 aromatic carbocycles. The van der Waals surface area contributed by atoms with Gasteiger partial charge in [0.05, 0.1) is 11.1 Å². The first-order chi connectivity index (χ1) is 10.4. The highest BCUT2D eigenvalue weighted by molar-refractivity contribution is 6.34. The Kier molecular flexibility index (Phi) is 3.50. The number of phenolic OH excluding ortho intramolecular Hbond substituents is 1. The maximum atomic E-state index is 13.6. The quantitative estimate of drug-likeness (QED) is 0.545. The average molecular weight is 340 g/mol. The Bertz CT molecular complexity index is 952. The molecular weight excluding hydrogens is 332 g/mol. The molecule has 0 radical (unpaired) electrons. The second-order valence-corrected chi connectivity index (χ2v) is 5.31. The van der Waals surface area contributed by atoms with Crippen molar-refractivity contribution in [1.82, 2.24) is 14.5 Å².